The zero-order valence-corrected chi connectivity index (χ0v) is 19.4. The van der Waals surface area contributed by atoms with Crippen molar-refractivity contribution in [1.29, 1.82) is 0 Å². The summed E-state index contributed by atoms with van der Waals surface area (Å²) in [6.45, 7) is 6.83. The molecule has 1 aliphatic heterocycles. The summed E-state index contributed by atoms with van der Waals surface area (Å²) in [5.74, 6) is 1.57. The molecule has 0 amide bonds. The van der Waals surface area contributed by atoms with Crippen LogP contribution < -0.4 is 14.8 Å². The first-order chi connectivity index (χ1) is 13.2. The number of halogens is 3. The second-order valence-corrected chi connectivity index (χ2v) is 7.36. The fourth-order valence-corrected chi connectivity index (χ4v) is 3.80. The Balaban J connectivity index is 0.00000210. The van der Waals surface area contributed by atoms with Crippen LogP contribution in [0.25, 0.3) is 0 Å². The first-order valence-electron chi connectivity index (χ1n) is 9.69. The number of likely N-dealkylation sites (tertiary alicyclic amines) is 1. The lowest BCUT2D eigenvalue weighted by atomic mass is 10.1. The second kappa shape index (κ2) is 13.2. The van der Waals surface area contributed by atoms with Gasteiger partial charge in [0.2, 0.25) is 0 Å². The average molecular weight is 462 g/mol. The zero-order chi connectivity index (χ0) is 19.1. The summed E-state index contributed by atoms with van der Waals surface area (Å²) in [4.78, 5) is 2.55. The van der Waals surface area contributed by atoms with Gasteiger partial charge in [0.25, 0.3) is 0 Å². The van der Waals surface area contributed by atoms with Gasteiger partial charge in [0.15, 0.2) is 11.5 Å². The number of ether oxygens (including phenoxy) is 2. The summed E-state index contributed by atoms with van der Waals surface area (Å²) in [6.07, 6.45) is 2.58. The first-order valence-corrected chi connectivity index (χ1v) is 10.1. The summed E-state index contributed by atoms with van der Waals surface area (Å²) >= 11 is 5.96. The predicted molar refractivity (Wildman–Crippen MR) is 125 cm³/mol. The maximum Gasteiger partial charge on any atom is 0.166 e. The molecule has 1 unspecified atom stereocenters. The van der Waals surface area contributed by atoms with Gasteiger partial charge in [-0.15, -0.1) is 24.8 Å². The Bertz CT molecular complexity index is 728. The Hall–Kier alpha value is -1.17. The van der Waals surface area contributed by atoms with Crippen molar-refractivity contribution in [2.45, 2.75) is 39.0 Å². The quantitative estimate of drug-likeness (QED) is 0.546. The van der Waals surface area contributed by atoms with E-state index in [0.717, 1.165) is 47.3 Å². The SMILES string of the molecule is CCN1CCCC1CNCc1cccc(OC)c1OCc1ccc(Cl)cc1.Cl.Cl. The Morgan fingerprint density at radius 3 is 2.59 bits per heavy atom. The number of likely N-dealkylation sites (N-methyl/N-ethyl adjacent to an activating group) is 1. The predicted octanol–water partition coefficient (Wildman–Crippen LogP) is 5.35. The third kappa shape index (κ3) is 7.23. The van der Waals surface area contributed by atoms with E-state index in [1.54, 1.807) is 7.11 Å². The number of hydrogen-bond donors (Lipinski definition) is 1. The van der Waals surface area contributed by atoms with Crippen molar-refractivity contribution in [2.75, 3.05) is 26.7 Å². The van der Waals surface area contributed by atoms with Gasteiger partial charge in [0.1, 0.15) is 6.61 Å². The molecule has 1 heterocycles. The minimum atomic E-state index is 0. The molecule has 0 aromatic heterocycles. The highest BCUT2D eigenvalue weighted by Crippen LogP contribution is 2.32. The summed E-state index contributed by atoms with van der Waals surface area (Å²) < 4.78 is 11.7. The van der Waals surface area contributed by atoms with E-state index < -0.39 is 0 Å². The maximum absolute atomic E-state index is 6.13. The summed E-state index contributed by atoms with van der Waals surface area (Å²) in [6, 6.07) is 14.4. The molecular formula is C22H31Cl3N2O2. The monoisotopic (exact) mass is 460 g/mol. The van der Waals surface area contributed by atoms with Crippen LogP contribution >= 0.6 is 36.4 Å². The standard InChI is InChI=1S/C22H29ClN2O2.2ClH/c1-3-25-13-5-7-20(25)15-24-14-18-6-4-8-21(26-2)22(18)27-16-17-9-11-19(23)12-10-17;;/h4,6,8-12,20,24H,3,5,7,13-16H2,1-2H3;2*1H. The van der Waals surface area contributed by atoms with Crippen molar-refractivity contribution in [3.05, 3.63) is 58.6 Å². The zero-order valence-electron chi connectivity index (χ0n) is 17.0. The van der Waals surface area contributed by atoms with Gasteiger partial charge in [-0.1, -0.05) is 42.8 Å². The van der Waals surface area contributed by atoms with Crippen LogP contribution in [0.4, 0.5) is 0 Å². The molecule has 1 N–H and O–H groups in total. The Morgan fingerprint density at radius 2 is 1.90 bits per heavy atom. The van der Waals surface area contributed by atoms with Crippen molar-refractivity contribution in [1.82, 2.24) is 10.2 Å². The van der Waals surface area contributed by atoms with E-state index in [9.17, 15) is 0 Å². The largest absolute Gasteiger partial charge is 0.493 e. The van der Waals surface area contributed by atoms with Gasteiger partial charge in [-0.3, -0.25) is 4.90 Å². The molecule has 1 fully saturated rings. The van der Waals surface area contributed by atoms with E-state index in [2.05, 4.69) is 23.2 Å². The van der Waals surface area contributed by atoms with Crippen LogP contribution in [-0.4, -0.2) is 37.7 Å². The first kappa shape index (κ1) is 25.9. The fourth-order valence-electron chi connectivity index (χ4n) is 3.68. The Labute approximate surface area is 191 Å². The molecule has 2 aromatic carbocycles. The van der Waals surface area contributed by atoms with Crippen LogP contribution in [0.3, 0.4) is 0 Å². The van der Waals surface area contributed by atoms with Gasteiger partial charge in [0.05, 0.1) is 7.11 Å². The molecule has 0 spiro atoms. The van der Waals surface area contributed by atoms with E-state index in [1.165, 1.54) is 19.4 Å². The number of methoxy groups -OCH3 is 1. The number of rotatable bonds is 9. The molecule has 4 nitrogen and oxygen atoms in total. The van der Waals surface area contributed by atoms with E-state index in [1.807, 2.05) is 36.4 Å². The van der Waals surface area contributed by atoms with Crippen molar-refractivity contribution in [2.24, 2.45) is 0 Å². The topological polar surface area (TPSA) is 33.7 Å². The van der Waals surface area contributed by atoms with Gasteiger partial charge in [-0.05, 0) is 49.7 Å². The molecule has 2 aromatic rings. The van der Waals surface area contributed by atoms with Gasteiger partial charge < -0.3 is 14.8 Å². The molecule has 1 saturated heterocycles. The maximum atomic E-state index is 6.13. The second-order valence-electron chi connectivity index (χ2n) is 6.92. The Morgan fingerprint density at radius 1 is 1.14 bits per heavy atom. The van der Waals surface area contributed by atoms with Crippen LogP contribution in [-0.2, 0) is 13.2 Å². The Kier molecular flexibility index (Phi) is 11.8. The lowest BCUT2D eigenvalue weighted by molar-refractivity contribution is 0.258. The number of benzene rings is 2. The van der Waals surface area contributed by atoms with Crippen molar-refractivity contribution in [3.8, 4) is 11.5 Å². The van der Waals surface area contributed by atoms with Crippen LogP contribution in [0.1, 0.15) is 30.9 Å². The molecule has 7 heteroatoms. The molecule has 29 heavy (non-hydrogen) atoms. The van der Waals surface area contributed by atoms with Gasteiger partial charge in [-0.2, -0.15) is 0 Å². The average Bonchev–Trinajstić information content (AvgIpc) is 3.15. The molecule has 0 aliphatic carbocycles. The third-order valence-electron chi connectivity index (χ3n) is 5.18. The minimum Gasteiger partial charge on any atom is -0.493 e. The fraction of sp³-hybridized carbons (Fsp3) is 0.455. The van der Waals surface area contributed by atoms with Crippen LogP contribution in [0.15, 0.2) is 42.5 Å². The van der Waals surface area contributed by atoms with E-state index >= 15 is 0 Å². The summed E-state index contributed by atoms with van der Waals surface area (Å²) in [5, 5.41) is 4.34. The number of hydrogen-bond acceptors (Lipinski definition) is 4. The van der Waals surface area contributed by atoms with Crippen molar-refractivity contribution >= 4 is 36.4 Å². The summed E-state index contributed by atoms with van der Waals surface area (Å²) in [7, 11) is 1.68. The van der Waals surface area contributed by atoms with E-state index in [4.69, 9.17) is 21.1 Å². The molecule has 0 bridgehead atoms. The van der Waals surface area contributed by atoms with Crippen LogP contribution in [0.5, 0.6) is 11.5 Å². The van der Waals surface area contributed by atoms with E-state index in [-0.39, 0.29) is 24.8 Å². The van der Waals surface area contributed by atoms with Crippen LogP contribution in [0.2, 0.25) is 5.02 Å². The molecule has 1 atom stereocenters. The minimum absolute atomic E-state index is 0. The highest BCUT2D eigenvalue weighted by molar-refractivity contribution is 6.30. The smallest absolute Gasteiger partial charge is 0.166 e. The third-order valence-corrected chi connectivity index (χ3v) is 5.43. The summed E-state index contributed by atoms with van der Waals surface area (Å²) in [5.41, 5.74) is 2.19. The molecule has 0 saturated carbocycles. The lowest BCUT2D eigenvalue weighted by Gasteiger charge is -2.23. The molecule has 1 aliphatic rings. The normalized spacial score (nSPS) is 16.0. The molecule has 3 rings (SSSR count). The molecular weight excluding hydrogens is 431 g/mol. The van der Waals surface area contributed by atoms with Gasteiger partial charge >= 0.3 is 0 Å². The van der Waals surface area contributed by atoms with Gasteiger partial charge in [0, 0.05) is 29.7 Å². The van der Waals surface area contributed by atoms with Gasteiger partial charge in [-0.25, -0.2) is 0 Å². The van der Waals surface area contributed by atoms with Crippen LogP contribution in [0, 0.1) is 0 Å². The van der Waals surface area contributed by atoms with Crippen molar-refractivity contribution < 1.29 is 9.47 Å². The van der Waals surface area contributed by atoms with E-state index in [0.29, 0.717) is 12.6 Å². The lowest BCUT2D eigenvalue weighted by Crippen LogP contribution is -2.37. The molecule has 0 radical (unpaired) electrons. The highest BCUT2D eigenvalue weighted by atomic mass is 35.5. The number of para-hydroxylation sites is 1. The van der Waals surface area contributed by atoms with Crippen molar-refractivity contribution in [3.63, 3.8) is 0 Å². The molecule has 162 valence electrons. The highest BCUT2D eigenvalue weighted by Gasteiger charge is 2.22. The number of nitrogens with one attached hydrogen (secondary N) is 1. The number of nitrogens with zero attached hydrogens (tertiary/aromatic N) is 1.